The summed E-state index contributed by atoms with van der Waals surface area (Å²) in [6.45, 7) is 0.127. The number of aliphatic hydroxyl groups is 1. The monoisotopic (exact) mass is 315 g/mol. The van der Waals surface area contributed by atoms with Crippen LogP contribution in [0.1, 0.15) is 12.8 Å². The van der Waals surface area contributed by atoms with Crippen molar-refractivity contribution in [2.45, 2.75) is 17.7 Å². The van der Waals surface area contributed by atoms with Gasteiger partial charge in [0.25, 0.3) is 0 Å². The predicted octanol–water partition coefficient (Wildman–Crippen LogP) is 2.18. The van der Waals surface area contributed by atoms with Crippen LogP contribution in [-0.2, 0) is 10.0 Å². The molecular weight excluding hydrogens is 304 g/mol. The number of unbranched alkanes of at least 4 members (excludes halogenated alkanes) is 1. The third-order valence-corrected chi connectivity index (χ3v) is 4.44. The van der Waals surface area contributed by atoms with Crippen LogP contribution >= 0.6 is 23.2 Å². The van der Waals surface area contributed by atoms with Crippen LogP contribution < -0.4 is 4.72 Å². The molecule has 0 radical (unpaired) electrons. The normalized spacial score (nSPS) is 11.8. The average molecular weight is 316 g/mol. The largest absolute Gasteiger partial charge is 0.396 e. The fourth-order valence-electron chi connectivity index (χ4n) is 1.24. The minimum Gasteiger partial charge on any atom is -0.396 e. The SMILES string of the molecule is O=S(=O)(NCCCCO)c1ccc(Cl)c(F)c1Cl. The van der Waals surface area contributed by atoms with E-state index >= 15 is 0 Å². The van der Waals surface area contributed by atoms with Crippen LogP contribution in [-0.4, -0.2) is 26.7 Å². The molecule has 1 aromatic rings. The van der Waals surface area contributed by atoms with Gasteiger partial charge >= 0.3 is 0 Å². The van der Waals surface area contributed by atoms with Gasteiger partial charge < -0.3 is 5.11 Å². The fourth-order valence-corrected chi connectivity index (χ4v) is 3.05. The molecule has 0 unspecified atom stereocenters. The van der Waals surface area contributed by atoms with Crippen LogP contribution in [0.15, 0.2) is 17.0 Å². The van der Waals surface area contributed by atoms with Crippen molar-refractivity contribution in [1.82, 2.24) is 4.72 Å². The summed E-state index contributed by atoms with van der Waals surface area (Å²) in [6, 6.07) is 2.27. The molecule has 0 atom stereocenters. The smallest absolute Gasteiger partial charge is 0.242 e. The molecule has 0 saturated carbocycles. The first-order valence-corrected chi connectivity index (χ1v) is 7.38. The van der Waals surface area contributed by atoms with Crippen LogP contribution in [0.4, 0.5) is 4.39 Å². The highest BCUT2D eigenvalue weighted by Gasteiger charge is 2.21. The molecule has 0 fully saturated rings. The Morgan fingerprint density at radius 1 is 1.28 bits per heavy atom. The van der Waals surface area contributed by atoms with Gasteiger partial charge in [-0.05, 0) is 25.0 Å². The molecule has 18 heavy (non-hydrogen) atoms. The summed E-state index contributed by atoms with van der Waals surface area (Å²) in [7, 11) is -3.87. The lowest BCUT2D eigenvalue weighted by Crippen LogP contribution is -2.25. The summed E-state index contributed by atoms with van der Waals surface area (Å²) in [4.78, 5) is -0.352. The van der Waals surface area contributed by atoms with Crippen molar-refractivity contribution >= 4 is 33.2 Å². The zero-order valence-electron chi connectivity index (χ0n) is 9.29. The molecule has 0 heterocycles. The molecule has 2 N–H and O–H groups in total. The van der Waals surface area contributed by atoms with Crippen molar-refractivity contribution in [2.24, 2.45) is 0 Å². The van der Waals surface area contributed by atoms with E-state index in [0.717, 1.165) is 12.1 Å². The number of hydrogen-bond donors (Lipinski definition) is 2. The highest BCUT2D eigenvalue weighted by molar-refractivity contribution is 7.89. The van der Waals surface area contributed by atoms with E-state index in [1.807, 2.05) is 0 Å². The van der Waals surface area contributed by atoms with E-state index in [-0.39, 0.29) is 23.1 Å². The quantitative estimate of drug-likeness (QED) is 0.624. The Balaban J connectivity index is 2.89. The molecule has 1 rings (SSSR count). The van der Waals surface area contributed by atoms with Crippen molar-refractivity contribution in [3.8, 4) is 0 Å². The van der Waals surface area contributed by atoms with Crippen molar-refractivity contribution in [2.75, 3.05) is 13.2 Å². The van der Waals surface area contributed by atoms with Crippen LogP contribution in [0.2, 0.25) is 10.0 Å². The molecule has 0 aliphatic carbocycles. The van der Waals surface area contributed by atoms with E-state index < -0.39 is 20.9 Å². The second kappa shape index (κ2) is 6.68. The first-order valence-electron chi connectivity index (χ1n) is 5.14. The zero-order valence-corrected chi connectivity index (χ0v) is 11.6. The van der Waals surface area contributed by atoms with Gasteiger partial charge in [0.15, 0.2) is 5.82 Å². The maximum absolute atomic E-state index is 13.4. The van der Waals surface area contributed by atoms with Gasteiger partial charge in [-0.2, -0.15) is 0 Å². The number of sulfonamides is 1. The van der Waals surface area contributed by atoms with Gasteiger partial charge in [-0.1, -0.05) is 23.2 Å². The number of benzene rings is 1. The summed E-state index contributed by atoms with van der Waals surface area (Å²) in [5, 5.41) is 7.79. The molecule has 0 amide bonds. The van der Waals surface area contributed by atoms with E-state index in [9.17, 15) is 12.8 Å². The van der Waals surface area contributed by atoms with Crippen molar-refractivity contribution in [1.29, 1.82) is 0 Å². The van der Waals surface area contributed by atoms with Crippen molar-refractivity contribution in [3.05, 3.63) is 28.0 Å². The molecule has 1 aromatic carbocycles. The molecule has 0 bridgehead atoms. The highest BCUT2D eigenvalue weighted by Crippen LogP contribution is 2.29. The summed E-state index contributed by atoms with van der Waals surface area (Å²) in [5.41, 5.74) is 0. The van der Waals surface area contributed by atoms with E-state index in [0.29, 0.717) is 12.8 Å². The first kappa shape index (κ1) is 15.7. The lowest BCUT2D eigenvalue weighted by Gasteiger charge is -2.09. The predicted molar refractivity (Wildman–Crippen MR) is 67.9 cm³/mol. The Morgan fingerprint density at radius 3 is 2.56 bits per heavy atom. The van der Waals surface area contributed by atoms with E-state index in [2.05, 4.69) is 4.72 Å². The Hall–Kier alpha value is -0.400. The minimum absolute atomic E-state index is 0.0158. The van der Waals surface area contributed by atoms with Crippen LogP contribution in [0.5, 0.6) is 0 Å². The number of halogens is 3. The van der Waals surface area contributed by atoms with Crippen molar-refractivity contribution in [3.63, 3.8) is 0 Å². The standard InChI is InChI=1S/C10H12Cl2FNO3S/c11-7-3-4-8(9(12)10(7)13)18(16,17)14-5-1-2-6-15/h3-4,14-15H,1-2,5-6H2. The third-order valence-electron chi connectivity index (χ3n) is 2.17. The first-order chi connectivity index (χ1) is 8.40. The van der Waals surface area contributed by atoms with Crippen molar-refractivity contribution < 1.29 is 17.9 Å². The Morgan fingerprint density at radius 2 is 1.94 bits per heavy atom. The zero-order chi connectivity index (χ0) is 13.8. The molecule has 4 nitrogen and oxygen atoms in total. The maximum Gasteiger partial charge on any atom is 0.242 e. The van der Waals surface area contributed by atoms with Gasteiger partial charge in [-0.3, -0.25) is 0 Å². The van der Waals surface area contributed by atoms with Gasteiger partial charge in [0.05, 0.1) is 10.0 Å². The summed E-state index contributed by atoms with van der Waals surface area (Å²) in [5.74, 6) is -0.962. The number of aliphatic hydroxyl groups excluding tert-OH is 1. The average Bonchev–Trinajstić information content (AvgIpc) is 2.31. The Labute approximate surface area is 115 Å². The molecule has 0 saturated heterocycles. The van der Waals surface area contributed by atoms with Gasteiger partial charge in [0.1, 0.15) is 4.90 Å². The van der Waals surface area contributed by atoms with Crippen LogP contribution in [0, 0.1) is 5.82 Å². The Bertz CT molecular complexity index is 522. The topological polar surface area (TPSA) is 66.4 Å². The van der Waals surface area contributed by atoms with E-state index in [4.69, 9.17) is 28.3 Å². The minimum atomic E-state index is -3.87. The Kier molecular flexibility index (Phi) is 5.81. The molecule has 8 heteroatoms. The van der Waals surface area contributed by atoms with Gasteiger partial charge in [0.2, 0.25) is 10.0 Å². The lowest BCUT2D eigenvalue weighted by molar-refractivity contribution is 0.285. The molecular formula is C10H12Cl2FNO3S. The second-order valence-corrected chi connectivity index (χ2v) is 6.02. The molecule has 0 spiro atoms. The highest BCUT2D eigenvalue weighted by atomic mass is 35.5. The number of rotatable bonds is 6. The lowest BCUT2D eigenvalue weighted by atomic mass is 10.3. The van der Waals surface area contributed by atoms with Crippen LogP contribution in [0.25, 0.3) is 0 Å². The molecule has 0 aromatic heterocycles. The molecule has 0 aliphatic rings. The maximum atomic E-state index is 13.4. The van der Waals surface area contributed by atoms with Gasteiger partial charge in [0, 0.05) is 13.2 Å². The van der Waals surface area contributed by atoms with Crippen LogP contribution in [0.3, 0.4) is 0 Å². The second-order valence-electron chi connectivity index (χ2n) is 3.50. The number of nitrogens with one attached hydrogen (secondary N) is 1. The molecule has 0 aliphatic heterocycles. The van der Waals surface area contributed by atoms with Gasteiger partial charge in [-0.15, -0.1) is 0 Å². The summed E-state index contributed by atoms with van der Waals surface area (Å²) < 4.78 is 39.3. The summed E-state index contributed by atoms with van der Waals surface area (Å²) >= 11 is 11.1. The van der Waals surface area contributed by atoms with E-state index in [1.54, 1.807) is 0 Å². The van der Waals surface area contributed by atoms with E-state index in [1.165, 1.54) is 0 Å². The summed E-state index contributed by atoms with van der Waals surface area (Å²) in [6.07, 6.45) is 0.953. The van der Waals surface area contributed by atoms with Gasteiger partial charge in [-0.25, -0.2) is 17.5 Å². The third kappa shape index (κ3) is 3.80. The molecule has 102 valence electrons. The fraction of sp³-hybridized carbons (Fsp3) is 0.400. The number of hydrogen-bond acceptors (Lipinski definition) is 3.